The Balaban J connectivity index is 2.61. The summed E-state index contributed by atoms with van der Waals surface area (Å²) in [7, 11) is 1.08. The number of hydrogen-bond donors (Lipinski definition) is 0. The molecule has 0 atom stereocenters. The second-order valence-electron chi connectivity index (χ2n) is 5.05. The Hall–Kier alpha value is 0.0969. The maximum absolute atomic E-state index is 6.02. The molecular formula is C12H26O3Si. The molecule has 3 nitrogen and oxygen atoms in total. The molecule has 0 aromatic carbocycles. The zero-order chi connectivity index (χ0) is 12.0. The van der Waals surface area contributed by atoms with E-state index in [4.69, 9.17) is 13.3 Å². The van der Waals surface area contributed by atoms with Gasteiger partial charge in [0.2, 0.25) is 0 Å². The van der Waals surface area contributed by atoms with Crippen molar-refractivity contribution >= 4 is 8.80 Å². The highest BCUT2D eigenvalue weighted by Gasteiger charge is 2.48. The quantitative estimate of drug-likeness (QED) is 0.673. The first-order valence-electron chi connectivity index (χ1n) is 6.39. The monoisotopic (exact) mass is 246 g/mol. The van der Waals surface area contributed by atoms with Crippen molar-refractivity contribution in [2.24, 2.45) is 5.92 Å². The van der Waals surface area contributed by atoms with Crippen molar-refractivity contribution in [1.82, 2.24) is 0 Å². The normalized spacial score (nSPS) is 19.3. The highest BCUT2D eigenvalue weighted by atomic mass is 28.4. The lowest BCUT2D eigenvalue weighted by atomic mass is 10.0. The van der Waals surface area contributed by atoms with Gasteiger partial charge in [0, 0.05) is 26.4 Å². The standard InChI is InChI=1S/C12H26O3Si/c1-11(2)10-15-16(13-3,14-4)12-8-6-5-7-9-12/h11-12H,5-10H2,1-4H3. The molecule has 1 saturated carbocycles. The molecular weight excluding hydrogens is 220 g/mol. The molecule has 1 aliphatic carbocycles. The molecule has 0 bridgehead atoms. The topological polar surface area (TPSA) is 27.7 Å². The Bertz CT molecular complexity index is 187. The second-order valence-corrected chi connectivity index (χ2v) is 8.18. The molecule has 0 aromatic heterocycles. The first-order chi connectivity index (χ1) is 7.64. The molecule has 0 heterocycles. The molecule has 1 fully saturated rings. The molecule has 16 heavy (non-hydrogen) atoms. The molecule has 0 saturated heterocycles. The van der Waals surface area contributed by atoms with Gasteiger partial charge in [-0.25, -0.2) is 0 Å². The van der Waals surface area contributed by atoms with E-state index in [9.17, 15) is 0 Å². The van der Waals surface area contributed by atoms with Crippen molar-refractivity contribution < 1.29 is 13.3 Å². The van der Waals surface area contributed by atoms with Crippen LogP contribution in [0.25, 0.3) is 0 Å². The van der Waals surface area contributed by atoms with Crippen LogP contribution in [0.4, 0.5) is 0 Å². The highest BCUT2D eigenvalue weighted by Crippen LogP contribution is 2.38. The lowest BCUT2D eigenvalue weighted by molar-refractivity contribution is 0.0713. The van der Waals surface area contributed by atoms with Gasteiger partial charge in [-0.15, -0.1) is 0 Å². The van der Waals surface area contributed by atoms with Gasteiger partial charge in [-0.3, -0.25) is 0 Å². The fraction of sp³-hybridized carbons (Fsp3) is 1.00. The van der Waals surface area contributed by atoms with Gasteiger partial charge in [0.15, 0.2) is 0 Å². The summed E-state index contributed by atoms with van der Waals surface area (Å²) >= 11 is 0. The minimum absolute atomic E-state index is 0.509. The van der Waals surface area contributed by atoms with Crippen molar-refractivity contribution in [3.63, 3.8) is 0 Å². The highest BCUT2D eigenvalue weighted by molar-refractivity contribution is 6.62. The Morgan fingerprint density at radius 3 is 2.06 bits per heavy atom. The number of hydrogen-bond acceptors (Lipinski definition) is 3. The Morgan fingerprint density at radius 1 is 1.06 bits per heavy atom. The molecule has 1 rings (SSSR count). The van der Waals surface area contributed by atoms with Gasteiger partial charge >= 0.3 is 8.80 Å². The third-order valence-corrected chi connectivity index (χ3v) is 6.58. The van der Waals surface area contributed by atoms with Gasteiger partial charge < -0.3 is 13.3 Å². The molecule has 0 amide bonds. The zero-order valence-electron chi connectivity index (χ0n) is 11.1. The number of rotatable bonds is 6. The van der Waals surface area contributed by atoms with E-state index in [-0.39, 0.29) is 0 Å². The minimum Gasteiger partial charge on any atom is -0.377 e. The summed E-state index contributed by atoms with van der Waals surface area (Å²) in [6, 6.07) is 0. The maximum atomic E-state index is 6.02. The lowest BCUT2D eigenvalue weighted by Gasteiger charge is -2.36. The summed E-state index contributed by atoms with van der Waals surface area (Å²) in [6.45, 7) is 5.06. The van der Waals surface area contributed by atoms with Gasteiger partial charge in [-0.1, -0.05) is 33.1 Å². The van der Waals surface area contributed by atoms with E-state index in [0.717, 1.165) is 6.61 Å². The zero-order valence-corrected chi connectivity index (χ0v) is 12.1. The SMILES string of the molecule is CO[Si](OC)(OCC(C)C)C1CCCCC1. The molecule has 0 N–H and O–H groups in total. The molecule has 0 aliphatic heterocycles. The smallest absolute Gasteiger partial charge is 0.377 e. The molecule has 0 spiro atoms. The first-order valence-corrected chi connectivity index (χ1v) is 8.19. The van der Waals surface area contributed by atoms with E-state index in [1.54, 1.807) is 14.2 Å². The maximum Gasteiger partial charge on any atom is 0.503 e. The van der Waals surface area contributed by atoms with Crippen molar-refractivity contribution in [2.45, 2.75) is 51.5 Å². The summed E-state index contributed by atoms with van der Waals surface area (Å²) in [5, 5.41) is 0. The van der Waals surface area contributed by atoms with Crippen LogP contribution in [0.3, 0.4) is 0 Å². The molecule has 0 aromatic rings. The fourth-order valence-corrected chi connectivity index (χ4v) is 5.38. The van der Waals surface area contributed by atoms with Crippen LogP contribution in [-0.2, 0) is 13.3 Å². The third-order valence-electron chi connectivity index (χ3n) is 3.29. The van der Waals surface area contributed by atoms with Crippen molar-refractivity contribution in [3.8, 4) is 0 Å². The fourth-order valence-electron chi connectivity index (χ4n) is 2.39. The van der Waals surface area contributed by atoms with Crippen LogP contribution in [0.15, 0.2) is 0 Å². The van der Waals surface area contributed by atoms with Gasteiger partial charge in [0.25, 0.3) is 0 Å². The van der Waals surface area contributed by atoms with Crippen molar-refractivity contribution in [3.05, 3.63) is 0 Å². The van der Waals surface area contributed by atoms with Gasteiger partial charge in [0.1, 0.15) is 0 Å². The Morgan fingerprint density at radius 2 is 1.62 bits per heavy atom. The second kappa shape index (κ2) is 6.74. The molecule has 1 aliphatic rings. The van der Waals surface area contributed by atoms with Gasteiger partial charge in [-0.2, -0.15) is 0 Å². The first kappa shape index (κ1) is 14.2. The van der Waals surface area contributed by atoms with E-state index in [0.29, 0.717) is 11.5 Å². The van der Waals surface area contributed by atoms with E-state index in [1.807, 2.05) is 0 Å². The summed E-state index contributed by atoms with van der Waals surface area (Å²) in [6.07, 6.45) is 6.32. The molecule has 0 unspecified atom stereocenters. The van der Waals surface area contributed by atoms with Crippen LogP contribution in [0, 0.1) is 5.92 Å². The van der Waals surface area contributed by atoms with Crippen LogP contribution >= 0.6 is 0 Å². The van der Waals surface area contributed by atoms with Crippen LogP contribution in [0.5, 0.6) is 0 Å². The summed E-state index contributed by atoms with van der Waals surface area (Å²) in [5.41, 5.74) is 0.509. The predicted molar refractivity (Wildman–Crippen MR) is 67.4 cm³/mol. The van der Waals surface area contributed by atoms with E-state index in [1.165, 1.54) is 32.1 Å². The lowest BCUT2D eigenvalue weighted by Crippen LogP contribution is -2.49. The Labute approximate surface area is 101 Å². The van der Waals surface area contributed by atoms with Crippen molar-refractivity contribution in [1.29, 1.82) is 0 Å². The summed E-state index contributed by atoms with van der Waals surface area (Å²) in [4.78, 5) is 0. The third kappa shape index (κ3) is 3.55. The van der Waals surface area contributed by atoms with Crippen LogP contribution < -0.4 is 0 Å². The Kier molecular flexibility index (Phi) is 5.96. The predicted octanol–water partition coefficient (Wildman–Crippen LogP) is 3.23. The average Bonchev–Trinajstić information content (AvgIpc) is 2.32. The van der Waals surface area contributed by atoms with E-state index < -0.39 is 8.80 Å². The molecule has 96 valence electrons. The van der Waals surface area contributed by atoms with Crippen LogP contribution in [0.2, 0.25) is 5.54 Å². The molecule has 0 radical (unpaired) electrons. The summed E-state index contributed by atoms with van der Waals surface area (Å²) < 4.78 is 17.4. The van der Waals surface area contributed by atoms with Gasteiger partial charge in [-0.05, 0) is 18.8 Å². The van der Waals surface area contributed by atoms with Crippen LogP contribution in [-0.4, -0.2) is 29.6 Å². The van der Waals surface area contributed by atoms with Crippen molar-refractivity contribution in [2.75, 3.05) is 20.8 Å². The minimum atomic E-state index is -2.41. The van der Waals surface area contributed by atoms with E-state index >= 15 is 0 Å². The largest absolute Gasteiger partial charge is 0.503 e. The van der Waals surface area contributed by atoms with Gasteiger partial charge in [0.05, 0.1) is 0 Å². The molecule has 4 heteroatoms. The summed E-state index contributed by atoms with van der Waals surface area (Å²) in [5.74, 6) is 0.528. The van der Waals surface area contributed by atoms with Crippen LogP contribution in [0.1, 0.15) is 46.0 Å². The average molecular weight is 246 g/mol. The van der Waals surface area contributed by atoms with E-state index in [2.05, 4.69) is 13.8 Å².